The molecule has 3 rings (SSSR count). The first-order valence-electron chi connectivity index (χ1n) is 10.6. The van der Waals surface area contributed by atoms with Crippen LogP contribution in [0.25, 0.3) is 11.1 Å². The Bertz CT molecular complexity index is 936. The van der Waals surface area contributed by atoms with Crippen molar-refractivity contribution in [3.63, 3.8) is 0 Å². The summed E-state index contributed by atoms with van der Waals surface area (Å²) in [5.41, 5.74) is 10.7. The van der Waals surface area contributed by atoms with Crippen molar-refractivity contribution in [1.29, 1.82) is 0 Å². The molecule has 1 aliphatic heterocycles. The van der Waals surface area contributed by atoms with Crippen LogP contribution in [0, 0.1) is 12.8 Å². The second-order valence-corrected chi connectivity index (χ2v) is 9.34. The van der Waals surface area contributed by atoms with Crippen molar-refractivity contribution in [2.75, 3.05) is 5.88 Å². The lowest BCUT2D eigenvalue weighted by atomic mass is 9.84. The fourth-order valence-electron chi connectivity index (χ4n) is 3.81. The number of hydrogen-bond acceptors (Lipinski definition) is 4. The maximum atomic E-state index is 12.7. The van der Waals surface area contributed by atoms with Crippen molar-refractivity contribution >= 4 is 17.6 Å². The minimum Gasteiger partial charge on any atom is -0.482 e. The molecular formula is C25H32ClNO3. The minimum atomic E-state index is -0.682. The van der Waals surface area contributed by atoms with E-state index in [4.69, 9.17) is 26.8 Å². The highest BCUT2D eigenvalue weighted by Gasteiger charge is 2.35. The molecular weight excluding hydrogens is 398 g/mol. The number of rotatable bonds is 7. The zero-order chi connectivity index (χ0) is 22.1. The summed E-state index contributed by atoms with van der Waals surface area (Å²) in [7, 11) is 0. The molecule has 0 bridgehead atoms. The largest absolute Gasteiger partial charge is 0.482 e. The Morgan fingerprint density at radius 1 is 1.20 bits per heavy atom. The maximum Gasteiger partial charge on any atom is 0.328 e. The number of carbonyl (C=O) groups is 1. The third kappa shape index (κ3) is 4.65. The molecule has 4 nitrogen and oxygen atoms in total. The Labute approximate surface area is 184 Å². The number of fused-ring (bicyclic) bond motifs is 3. The Kier molecular flexibility index (Phi) is 6.78. The molecule has 0 aliphatic carbocycles. The number of unbranched alkanes of at least 4 members (excludes halogenated alkanes) is 1. The molecule has 0 saturated carbocycles. The number of halogens is 1. The van der Waals surface area contributed by atoms with Crippen LogP contribution < -0.4 is 15.2 Å². The molecule has 5 heteroatoms. The smallest absolute Gasteiger partial charge is 0.328 e. The Morgan fingerprint density at radius 3 is 2.60 bits per heavy atom. The number of esters is 1. The van der Waals surface area contributed by atoms with Crippen LogP contribution in [0.5, 0.6) is 11.5 Å². The van der Waals surface area contributed by atoms with Crippen molar-refractivity contribution in [2.24, 2.45) is 11.7 Å². The average Bonchev–Trinajstić information content (AvgIpc) is 2.66. The predicted octanol–water partition coefficient (Wildman–Crippen LogP) is 5.74. The number of carbonyl (C=O) groups excluding carboxylic acids is 1. The van der Waals surface area contributed by atoms with Crippen LogP contribution >= 0.6 is 11.6 Å². The van der Waals surface area contributed by atoms with Crippen molar-refractivity contribution < 1.29 is 14.3 Å². The molecule has 0 saturated heterocycles. The summed E-state index contributed by atoms with van der Waals surface area (Å²) in [4.78, 5) is 12.7. The Balaban J connectivity index is 2.13. The Morgan fingerprint density at radius 2 is 1.93 bits per heavy atom. The third-order valence-corrected chi connectivity index (χ3v) is 5.90. The van der Waals surface area contributed by atoms with Gasteiger partial charge in [-0.15, -0.1) is 11.6 Å². The molecule has 0 radical (unpaired) electrons. The first-order valence-corrected chi connectivity index (χ1v) is 11.2. The van der Waals surface area contributed by atoms with Crippen LogP contribution in [0.4, 0.5) is 0 Å². The fourth-order valence-corrected chi connectivity index (χ4v) is 4.00. The molecule has 1 aliphatic rings. The molecule has 0 amide bonds. The molecule has 30 heavy (non-hydrogen) atoms. The van der Waals surface area contributed by atoms with Gasteiger partial charge in [-0.1, -0.05) is 37.6 Å². The van der Waals surface area contributed by atoms with Gasteiger partial charge in [0.25, 0.3) is 0 Å². The van der Waals surface area contributed by atoms with Crippen molar-refractivity contribution in [3.05, 3.63) is 47.0 Å². The number of ether oxygens (including phenoxy) is 2. The zero-order valence-electron chi connectivity index (χ0n) is 18.5. The number of nitrogens with two attached hydrogens (primary N) is 1. The van der Waals surface area contributed by atoms with Gasteiger partial charge in [0.2, 0.25) is 0 Å². The normalized spacial score (nSPS) is 15.2. The van der Waals surface area contributed by atoms with Gasteiger partial charge in [-0.2, -0.15) is 0 Å². The van der Waals surface area contributed by atoms with Gasteiger partial charge < -0.3 is 15.2 Å². The van der Waals surface area contributed by atoms with Gasteiger partial charge in [-0.3, -0.25) is 0 Å². The highest BCUT2D eigenvalue weighted by Crippen LogP contribution is 2.50. The quantitative estimate of drug-likeness (QED) is 0.264. The van der Waals surface area contributed by atoms with E-state index in [1.807, 2.05) is 19.9 Å². The lowest BCUT2D eigenvalue weighted by Crippen LogP contribution is -2.39. The molecule has 0 spiro atoms. The van der Waals surface area contributed by atoms with Crippen LogP contribution in [-0.4, -0.2) is 17.9 Å². The first kappa shape index (κ1) is 22.6. The van der Waals surface area contributed by atoms with Gasteiger partial charge in [0, 0.05) is 11.4 Å². The van der Waals surface area contributed by atoms with Crippen LogP contribution in [0.15, 0.2) is 30.3 Å². The molecule has 1 heterocycles. The van der Waals surface area contributed by atoms with E-state index in [2.05, 4.69) is 45.0 Å². The van der Waals surface area contributed by atoms with E-state index >= 15 is 0 Å². The molecule has 1 unspecified atom stereocenters. The molecule has 162 valence electrons. The SMILES string of the molecule is Cc1ccc2c(c1)-c1c(OC(=O)C(N)C(C)C)cc(CCCCCl)cc1OC2(C)C. The second-order valence-electron chi connectivity index (χ2n) is 8.97. The van der Waals surface area contributed by atoms with E-state index in [0.29, 0.717) is 11.6 Å². The molecule has 0 aromatic heterocycles. The van der Waals surface area contributed by atoms with Gasteiger partial charge in [0.15, 0.2) is 0 Å². The Hall–Kier alpha value is -2.04. The van der Waals surface area contributed by atoms with Crippen molar-refractivity contribution in [2.45, 2.75) is 65.5 Å². The van der Waals surface area contributed by atoms with Crippen molar-refractivity contribution in [1.82, 2.24) is 0 Å². The standard InChI is InChI=1S/C25H32ClNO3/c1-15(2)23(27)24(28)29-20-13-17(8-6-7-11-26)14-21-22(20)18-12-16(3)9-10-19(18)25(4,5)30-21/h9-10,12-15,23H,6-8,11,27H2,1-5H3. The lowest BCUT2D eigenvalue weighted by Gasteiger charge is -2.36. The number of hydrogen-bond donors (Lipinski definition) is 1. The van der Waals surface area contributed by atoms with Crippen molar-refractivity contribution in [3.8, 4) is 22.6 Å². The zero-order valence-corrected chi connectivity index (χ0v) is 19.3. The number of aryl methyl sites for hydroxylation is 2. The molecule has 2 N–H and O–H groups in total. The van der Waals surface area contributed by atoms with Crippen LogP contribution in [-0.2, 0) is 16.8 Å². The van der Waals surface area contributed by atoms with Gasteiger partial charge in [0.1, 0.15) is 23.1 Å². The molecule has 1 atom stereocenters. The third-order valence-electron chi connectivity index (χ3n) is 5.63. The van der Waals surface area contributed by atoms with Gasteiger partial charge in [-0.25, -0.2) is 4.79 Å². The minimum absolute atomic E-state index is 0.00931. The van der Waals surface area contributed by atoms with Gasteiger partial charge >= 0.3 is 5.97 Å². The predicted molar refractivity (Wildman–Crippen MR) is 122 cm³/mol. The summed E-state index contributed by atoms with van der Waals surface area (Å²) in [5, 5.41) is 0. The summed E-state index contributed by atoms with van der Waals surface area (Å²) in [5.74, 6) is 1.44. The summed E-state index contributed by atoms with van der Waals surface area (Å²) in [6.45, 7) is 10.0. The summed E-state index contributed by atoms with van der Waals surface area (Å²) in [6, 6.07) is 9.63. The summed E-state index contributed by atoms with van der Waals surface area (Å²) >= 11 is 5.85. The topological polar surface area (TPSA) is 61.5 Å². The van der Waals surface area contributed by atoms with Crippen LogP contribution in [0.3, 0.4) is 0 Å². The van der Waals surface area contributed by atoms with E-state index in [9.17, 15) is 4.79 Å². The van der Waals surface area contributed by atoms with Crippen LogP contribution in [0.2, 0.25) is 0 Å². The second kappa shape index (κ2) is 8.99. The lowest BCUT2D eigenvalue weighted by molar-refractivity contribution is -0.136. The van der Waals surface area contributed by atoms with Gasteiger partial charge in [-0.05, 0) is 69.2 Å². The summed E-state index contributed by atoms with van der Waals surface area (Å²) < 4.78 is 12.3. The highest BCUT2D eigenvalue weighted by atomic mass is 35.5. The van der Waals surface area contributed by atoms with E-state index in [1.165, 1.54) is 0 Å². The van der Waals surface area contributed by atoms with E-state index in [-0.39, 0.29) is 5.92 Å². The van der Waals surface area contributed by atoms with E-state index < -0.39 is 17.6 Å². The first-order chi connectivity index (χ1) is 14.1. The molecule has 2 aromatic rings. The van der Waals surface area contributed by atoms with E-state index in [0.717, 1.165) is 52.8 Å². The number of alkyl halides is 1. The highest BCUT2D eigenvalue weighted by molar-refractivity contribution is 6.17. The molecule has 2 aromatic carbocycles. The maximum absolute atomic E-state index is 12.7. The summed E-state index contributed by atoms with van der Waals surface area (Å²) in [6.07, 6.45) is 2.73. The number of benzene rings is 2. The average molecular weight is 430 g/mol. The molecule has 0 fully saturated rings. The van der Waals surface area contributed by atoms with Gasteiger partial charge in [0.05, 0.1) is 5.56 Å². The monoisotopic (exact) mass is 429 g/mol. The van der Waals surface area contributed by atoms with E-state index in [1.54, 1.807) is 0 Å². The fraction of sp³-hybridized carbons (Fsp3) is 0.480. The van der Waals surface area contributed by atoms with Crippen LogP contribution in [0.1, 0.15) is 57.2 Å².